The van der Waals surface area contributed by atoms with Crippen molar-refractivity contribution in [2.75, 3.05) is 18.4 Å². The quantitative estimate of drug-likeness (QED) is 0.779. The highest BCUT2D eigenvalue weighted by Crippen LogP contribution is 2.26. The third-order valence-electron chi connectivity index (χ3n) is 2.92. The van der Waals surface area contributed by atoms with E-state index in [1.807, 2.05) is 0 Å². The Kier molecular flexibility index (Phi) is 4.75. The van der Waals surface area contributed by atoms with Crippen molar-refractivity contribution in [1.29, 1.82) is 0 Å². The molecular weight excluding hydrogens is 287 g/mol. The SMILES string of the molecule is CC(C(=O)Nc1n[nH]c(C(F)(F)F)n1)C1CNC1.Cl. The molecule has 1 atom stereocenters. The lowest BCUT2D eigenvalue weighted by Gasteiger charge is -2.31. The van der Waals surface area contributed by atoms with Crippen molar-refractivity contribution in [1.82, 2.24) is 20.5 Å². The number of carbonyl (C=O) groups excluding carboxylic acids is 1. The Hall–Kier alpha value is -1.35. The molecule has 2 rings (SSSR count). The Labute approximate surface area is 113 Å². The maximum absolute atomic E-state index is 12.2. The predicted molar refractivity (Wildman–Crippen MR) is 62.8 cm³/mol. The number of hydrogen-bond donors (Lipinski definition) is 3. The number of amides is 1. The molecule has 0 aromatic carbocycles. The predicted octanol–water partition coefficient (Wildman–Crippen LogP) is 1.04. The van der Waals surface area contributed by atoms with Crippen molar-refractivity contribution in [3.63, 3.8) is 0 Å². The summed E-state index contributed by atoms with van der Waals surface area (Å²) < 4.78 is 36.7. The van der Waals surface area contributed by atoms with Gasteiger partial charge in [-0.25, -0.2) is 0 Å². The van der Waals surface area contributed by atoms with Crippen molar-refractivity contribution in [3.8, 4) is 0 Å². The van der Waals surface area contributed by atoms with Gasteiger partial charge >= 0.3 is 6.18 Å². The first-order valence-electron chi connectivity index (χ1n) is 5.39. The van der Waals surface area contributed by atoms with Crippen LogP contribution in [-0.4, -0.2) is 34.2 Å². The van der Waals surface area contributed by atoms with Gasteiger partial charge in [-0.2, -0.15) is 18.2 Å². The van der Waals surface area contributed by atoms with Gasteiger partial charge in [-0.05, 0) is 19.0 Å². The summed E-state index contributed by atoms with van der Waals surface area (Å²) in [5.41, 5.74) is 0. The number of alkyl halides is 3. The lowest BCUT2D eigenvalue weighted by atomic mass is 9.88. The van der Waals surface area contributed by atoms with Crippen LogP contribution >= 0.6 is 12.4 Å². The Morgan fingerprint density at radius 1 is 1.47 bits per heavy atom. The van der Waals surface area contributed by atoms with E-state index in [-0.39, 0.29) is 36.1 Å². The van der Waals surface area contributed by atoms with Crippen LogP contribution in [0, 0.1) is 11.8 Å². The molecular formula is C9H13ClF3N5O. The number of rotatable bonds is 3. The second kappa shape index (κ2) is 5.74. The van der Waals surface area contributed by atoms with Crippen LogP contribution in [0.2, 0.25) is 0 Å². The molecule has 19 heavy (non-hydrogen) atoms. The second-order valence-electron chi connectivity index (χ2n) is 4.20. The first-order valence-corrected chi connectivity index (χ1v) is 5.39. The first-order chi connectivity index (χ1) is 8.38. The maximum Gasteiger partial charge on any atom is 0.451 e. The standard InChI is InChI=1S/C9H12F3N5O.ClH/c1-4(5-2-13-3-5)6(18)14-8-15-7(16-17-8)9(10,11)12;/h4-5,13H,2-3H2,1H3,(H2,14,15,16,17,18);1H. The third-order valence-corrected chi connectivity index (χ3v) is 2.92. The number of anilines is 1. The van der Waals surface area contributed by atoms with E-state index in [2.05, 4.69) is 20.7 Å². The molecule has 1 fully saturated rings. The fraction of sp³-hybridized carbons (Fsp3) is 0.667. The fourth-order valence-electron chi connectivity index (χ4n) is 1.55. The Balaban J connectivity index is 0.00000180. The molecule has 0 bridgehead atoms. The van der Waals surface area contributed by atoms with Crippen LogP contribution in [0.25, 0.3) is 0 Å². The number of hydrogen-bond acceptors (Lipinski definition) is 4. The van der Waals surface area contributed by atoms with Gasteiger partial charge in [0.25, 0.3) is 0 Å². The number of aromatic amines is 1. The van der Waals surface area contributed by atoms with Gasteiger partial charge in [0.05, 0.1) is 0 Å². The molecule has 108 valence electrons. The van der Waals surface area contributed by atoms with Crippen molar-refractivity contribution in [2.24, 2.45) is 11.8 Å². The summed E-state index contributed by atoms with van der Waals surface area (Å²) in [5.74, 6) is -2.05. The molecule has 1 aliphatic rings. The second-order valence-corrected chi connectivity index (χ2v) is 4.20. The van der Waals surface area contributed by atoms with E-state index in [1.165, 1.54) is 0 Å². The molecule has 0 radical (unpaired) electrons. The van der Waals surface area contributed by atoms with Gasteiger partial charge < -0.3 is 5.32 Å². The van der Waals surface area contributed by atoms with E-state index in [0.717, 1.165) is 13.1 Å². The zero-order valence-electron chi connectivity index (χ0n) is 9.91. The van der Waals surface area contributed by atoms with E-state index < -0.39 is 12.0 Å². The van der Waals surface area contributed by atoms with Crippen LogP contribution in [0.5, 0.6) is 0 Å². The Morgan fingerprint density at radius 3 is 2.53 bits per heavy atom. The molecule has 3 N–H and O–H groups in total. The van der Waals surface area contributed by atoms with Gasteiger partial charge in [0.15, 0.2) is 0 Å². The molecule has 1 aromatic rings. The summed E-state index contributed by atoms with van der Waals surface area (Å²) in [6, 6.07) is 0. The zero-order chi connectivity index (χ0) is 13.3. The molecule has 0 aliphatic carbocycles. The summed E-state index contributed by atoms with van der Waals surface area (Å²) in [5, 5.41) is 10.3. The summed E-state index contributed by atoms with van der Waals surface area (Å²) in [4.78, 5) is 14.9. The minimum Gasteiger partial charge on any atom is -0.316 e. The highest BCUT2D eigenvalue weighted by Gasteiger charge is 2.36. The molecule has 6 nitrogen and oxygen atoms in total. The van der Waals surface area contributed by atoms with Crippen LogP contribution in [0.15, 0.2) is 0 Å². The summed E-state index contributed by atoms with van der Waals surface area (Å²) in [7, 11) is 0. The lowest BCUT2D eigenvalue weighted by Crippen LogP contribution is -2.48. The van der Waals surface area contributed by atoms with E-state index in [1.54, 1.807) is 12.0 Å². The van der Waals surface area contributed by atoms with Crippen LogP contribution in [0.3, 0.4) is 0 Å². The van der Waals surface area contributed by atoms with Crippen LogP contribution < -0.4 is 10.6 Å². The van der Waals surface area contributed by atoms with Crippen LogP contribution in [-0.2, 0) is 11.0 Å². The normalized spacial score (nSPS) is 17.3. The minimum absolute atomic E-state index is 0. The molecule has 1 amide bonds. The molecule has 10 heteroatoms. The smallest absolute Gasteiger partial charge is 0.316 e. The molecule has 0 spiro atoms. The van der Waals surface area contributed by atoms with E-state index in [4.69, 9.17) is 0 Å². The topological polar surface area (TPSA) is 82.7 Å². The van der Waals surface area contributed by atoms with Crippen molar-refractivity contribution >= 4 is 24.3 Å². The van der Waals surface area contributed by atoms with E-state index >= 15 is 0 Å². The molecule has 2 heterocycles. The van der Waals surface area contributed by atoms with Crippen molar-refractivity contribution in [2.45, 2.75) is 13.1 Å². The van der Waals surface area contributed by atoms with Gasteiger partial charge in [-0.15, -0.1) is 17.5 Å². The Morgan fingerprint density at radius 2 is 2.11 bits per heavy atom. The monoisotopic (exact) mass is 299 g/mol. The van der Waals surface area contributed by atoms with Gasteiger partial charge in [-0.1, -0.05) is 6.92 Å². The third kappa shape index (κ3) is 3.57. The van der Waals surface area contributed by atoms with Gasteiger partial charge in [-0.3, -0.25) is 15.2 Å². The van der Waals surface area contributed by atoms with Crippen LogP contribution in [0.1, 0.15) is 12.7 Å². The van der Waals surface area contributed by atoms with Crippen LogP contribution in [0.4, 0.5) is 19.1 Å². The van der Waals surface area contributed by atoms with Crippen molar-refractivity contribution in [3.05, 3.63) is 5.82 Å². The average Bonchev–Trinajstić information content (AvgIpc) is 2.62. The van der Waals surface area contributed by atoms with Gasteiger partial charge in [0.1, 0.15) is 0 Å². The maximum atomic E-state index is 12.2. The van der Waals surface area contributed by atoms with Crippen molar-refractivity contribution < 1.29 is 18.0 Å². The fourth-order valence-corrected chi connectivity index (χ4v) is 1.55. The number of nitrogens with one attached hydrogen (secondary N) is 3. The molecule has 1 aliphatic heterocycles. The zero-order valence-corrected chi connectivity index (χ0v) is 10.7. The number of H-pyrrole nitrogens is 1. The number of carbonyl (C=O) groups is 1. The summed E-state index contributed by atoms with van der Waals surface area (Å²) in [6.07, 6.45) is -4.60. The van der Waals surface area contributed by atoms with Gasteiger partial charge in [0, 0.05) is 5.92 Å². The van der Waals surface area contributed by atoms with E-state index in [0.29, 0.717) is 0 Å². The largest absolute Gasteiger partial charge is 0.451 e. The number of halogens is 4. The molecule has 1 unspecified atom stereocenters. The first kappa shape index (κ1) is 15.7. The molecule has 1 saturated heterocycles. The van der Waals surface area contributed by atoms with Gasteiger partial charge in [0.2, 0.25) is 17.7 Å². The average molecular weight is 300 g/mol. The number of aromatic nitrogens is 3. The highest BCUT2D eigenvalue weighted by atomic mass is 35.5. The lowest BCUT2D eigenvalue weighted by molar-refractivity contribution is -0.144. The summed E-state index contributed by atoms with van der Waals surface area (Å²) in [6.45, 7) is 3.19. The minimum atomic E-state index is -4.60. The summed E-state index contributed by atoms with van der Waals surface area (Å²) >= 11 is 0. The Bertz CT molecular complexity index is 445. The highest BCUT2D eigenvalue weighted by molar-refractivity contribution is 5.90. The van der Waals surface area contributed by atoms with E-state index in [9.17, 15) is 18.0 Å². The number of nitrogens with zero attached hydrogens (tertiary/aromatic N) is 2. The molecule has 1 aromatic heterocycles. The molecule has 0 saturated carbocycles.